The number of nitrogens with two attached hydrogens (primary N) is 1. The van der Waals surface area contributed by atoms with Crippen LogP contribution >= 0.6 is 0 Å². The Bertz CT molecular complexity index is 545. The summed E-state index contributed by atoms with van der Waals surface area (Å²) in [4.78, 5) is 2.34. The summed E-state index contributed by atoms with van der Waals surface area (Å²) in [7, 11) is 0. The Hall–Kier alpha value is -1.78. The van der Waals surface area contributed by atoms with Crippen molar-refractivity contribution in [2.75, 3.05) is 32.0 Å². The van der Waals surface area contributed by atoms with E-state index in [1.807, 2.05) is 36.4 Å². The average molecular weight is 258 g/mol. The summed E-state index contributed by atoms with van der Waals surface area (Å²) in [6, 6.07) is 11.8. The van der Waals surface area contributed by atoms with Gasteiger partial charge in [-0.05, 0) is 24.3 Å². The van der Waals surface area contributed by atoms with Gasteiger partial charge >= 0.3 is 0 Å². The van der Waals surface area contributed by atoms with Crippen LogP contribution in [0.4, 0.5) is 5.69 Å². The van der Waals surface area contributed by atoms with Gasteiger partial charge in [0.15, 0.2) is 0 Å². The van der Waals surface area contributed by atoms with Crippen molar-refractivity contribution in [3.05, 3.63) is 42.2 Å². The highest BCUT2D eigenvalue weighted by Gasteiger charge is 2.13. The number of anilines is 1. The van der Waals surface area contributed by atoms with Gasteiger partial charge in [0.2, 0.25) is 0 Å². The molecule has 100 valence electrons. The van der Waals surface area contributed by atoms with Crippen LogP contribution in [0.3, 0.4) is 0 Å². The van der Waals surface area contributed by atoms with Crippen molar-refractivity contribution in [1.82, 2.24) is 4.90 Å². The Kier molecular flexibility index (Phi) is 3.53. The predicted molar refractivity (Wildman–Crippen MR) is 74.7 cm³/mol. The minimum atomic E-state index is 0.753. The van der Waals surface area contributed by atoms with Gasteiger partial charge in [-0.15, -0.1) is 0 Å². The first-order valence-electron chi connectivity index (χ1n) is 6.56. The van der Waals surface area contributed by atoms with Gasteiger partial charge in [0.05, 0.1) is 19.8 Å². The first kappa shape index (κ1) is 12.3. The minimum absolute atomic E-state index is 0.753. The first-order chi connectivity index (χ1) is 9.31. The molecule has 2 heterocycles. The van der Waals surface area contributed by atoms with Crippen LogP contribution in [0.15, 0.2) is 40.8 Å². The fourth-order valence-corrected chi connectivity index (χ4v) is 2.29. The van der Waals surface area contributed by atoms with E-state index in [1.165, 1.54) is 0 Å². The van der Waals surface area contributed by atoms with Crippen molar-refractivity contribution in [1.29, 1.82) is 0 Å². The molecule has 0 bridgehead atoms. The van der Waals surface area contributed by atoms with E-state index in [1.54, 1.807) is 0 Å². The number of ether oxygens (including phenoxy) is 1. The first-order valence-corrected chi connectivity index (χ1v) is 6.56. The fourth-order valence-electron chi connectivity index (χ4n) is 2.29. The van der Waals surface area contributed by atoms with Crippen LogP contribution in [0.25, 0.3) is 11.3 Å². The van der Waals surface area contributed by atoms with E-state index < -0.39 is 0 Å². The van der Waals surface area contributed by atoms with Gasteiger partial charge in [-0.2, -0.15) is 0 Å². The van der Waals surface area contributed by atoms with Crippen LogP contribution in [-0.4, -0.2) is 31.2 Å². The smallest absolute Gasteiger partial charge is 0.134 e. The topological polar surface area (TPSA) is 51.6 Å². The second-order valence-electron chi connectivity index (χ2n) is 4.78. The van der Waals surface area contributed by atoms with E-state index in [0.717, 1.165) is 55.6 Å². The van der Waals surface area contributed by atoms with Crippen molar-refractivity contribution in [3.63, 3.8) is 0 Å². The number of hydrogen-bond donors (Lipinski definition) is 1. The van der Waals surface area contributed by atoms with Crippen LogP contribution in [-0.2, 0) is 11.3 Å². The SMILES string of the molecule is Nc1cccc(-c2ccc(CN3CCOCC3)o2)c1. The number of rotatable bonds is 3. The highest BCUT2D eigenvalue weighted by atomic mass is 16.5. The maximum Gasteiger partial charge on any atom is 0.134 e. The summed E-state index contributed by atoms with van der Waals surface area (Å²) >= 11 is 0. The van der Waals surface area contributed by atoms with Gasteiger partial charge in [-0.1, -0.05) is 12.1 Å². The average Bonchev–Trinajstić information content (AvgIpc) is 2.88. The zero-order valence-electron chi connectivity index (χ0n) is 10.8. The monoisotopic (exact) mass is 258 g/mol. The number of hydrogen-bond acceptors (Lipinski definition) is 4. The number of morpholine rings is 1. The molecule has 0 saturated carbocycles. The van der Waals surface area contributed by atoms with Crippen molar-refractivity contribution in [2.45, 2.75) is 6.54 Å². The lowest BCUT2D eigenvalue weighted by Gasteiger charge is -2.25. The van der Waals surface area contributed by atoms with Crippen LogP contribution in [0.2, 0.25) is 0 Å². The van der Waals surface area contributed by atoms with E-state index in [2.05, 4.69) is 4.90 Å². The van der Waals surface area contributed by atoms with E-state index in [4.69, 9.17) is 14.9 Å². The molecule has 2 aromatic rings. The summed E-state index contributed by atoms with van der Waals surface area (Å²) in [6.07, 6.45) is 0. The molecule has 1 saturated heterocycles. The van der Waals surface area contributed by atoms with Crippen LogP contribution < -0.4 is 5.73 Å². The van der Waals surface area contributed by atoms with E-state index >= 15 is 0 Å². The van der Waals surface area contributed by atoms with Crippen LogP contribution in [0, 0.1) is 0 Å². The van der Waals surface area contributed by atoms with Gasteiger partial charge < -0.3 is 14.9 Å². The van der Waals surface area contributed by atoms with Gasteiger partial charge in [-0.25, -0.2) is 0 Å². The lowest BCUT2D eigenvalue weighted by Crippen LogP contribution is -2.35. The molecule has 19 heavy (non-hydrogen) atoms. The molecule has 1 fully saturated rings. The van der Waals surface area contributed by atoms with Gasteiger partial charge in [0.1, 0.15) is 11.5 Å². The molecule has 0 atom stereocenters. The predicted octanol–water partition coefficient (Wildman–Crippen LogP) is 2.36. The molecular formula is C15H18N2O2. The second kappa shape index (κ2) is 5.47. The van der Waals surface area contributed by atoms with Gasteiger partial charge in [0.25, 0.3) is 0 Å². The molecular weight excluding hydrogens is 240 g/mol. The summed E-state index contributed by atoms with van der Waals surface area (Å²) in [6.45, 7) is 4.39. The van der Waals surface area contributed by atoms with Gasteiger partial charge in [0, 0.05) is 24.3 Å². The molecule has 4 heteroatoms. The third-order valence-corrected chi connectivity index (χ3v) is 3.32. The lowest BCUT2D eigenvalue weighted by molar-refractivity contribution is 0.0314. The van der Waals surface area contributed by atoms with Crippen molar-refractivity contribution in [3.8, 4) is 11.3 Å². The fraction of sp³-hybridized carbons (Fsp3) is 0.333. The molecule has 0 aliphatic carbocycles. The maximum absolute atomic E-state index is 5.89. The molecule has 1 aromatic heterocycles. The van der Waals surface area contributed by atoms with Crippen LogP contribution in [0.5, 0.6) is 0 Å². The Morgan fingerprint density at radius 2 is 1.95 bits per heavy atom. The molecule has 2 N–H and O–H groups in total. The molecule has 3 rings (SSSR count). The van der Waals surface area contributed by atoms with Gasteiger partial charge in [-0.3, -0.25) is 4.90 Å². The second-order valence-corrected chi connectivity index (χ2v) is 4.78. The Morgan fingerprint density at radius 1 is 1.11 bits per heavy atom. The van der Waals surface area contributed by atoms with Crippen molar-refractivity contribution < 1.29 is 9.15 Å². The Labute approximate surface area is 112 Å². The molecule has 1 aliphatic heterocycles. The van der Waals surface area contributed by atoms with E-state index in [0.29, 0.717) is 0 Å². The maximum atomic E-state index is 5.89. The largest absolute Gasteiger partial charge is 0.460 e. The Morgan fingerprint density at radius 3 is 2.74 bits per heavy atom. The minimum Gasteiger partial charge on any atom is -0.460 e. The summed E-state index contributed by atoms with van der Waals surface area (Å²) in [5.74, 6) is 1.86. The summed E-state index contributed by atoms with van der Waals surface area (Å²) in [5, 5.41) is 0. The van der Waals surface area contributed by atoms with Crippen LogP contribution in [0.1, 0.15) is 5.76 Å². The zero-order chi connectivity index (χ0) is 13.1. The molecule has 4 nitrogen and oxygen atoms in total. The third-order valence-electron chi connectivity index (χ3n) is 3.32. The summed E-state index contributed by atoms with van der Waals surface area (Å²) in [5.41, 5.74) is 7.56. The molecule has 0 radical (unpaired) electrons. The Balaban J connectivity index is 1.72. The molecule has 1 aromatic carbocycles. The molecule has 0 spiro atoms. The highest BCUT2D eigenvalue weighted by molar-refractivity contribution is 5.62. The third kappa shape index (κ3) is 2.97. The van der Waals surface area contributed by atoms with Crippen molar-refractivity contribution >= 4 is 5.69 Å². The molecule has 0 amide bonds. The van der Waals surface area contributed by atoms with E-state index in [-0.39, 0.29) is 0 Å². The number of benzene rings is 1. The van der Waals surface area contributed by atoms with E-state index in [9.17, 15) is 0 Å². The lowest BCUT2D eigenvalue weighted by atomic mass is 10.1. The normalized spacial score (nSPS) is 16.6. The number of nitrogen functional groups attached to an aromatic ring is 1. The molecule has 1 aliphatic rings. The standard InChI is InChI=1S/C15H18N2O2/c16-13-3-1-2-12(10-13)15-5-4-14(19-15)11-17-6-8-18-9-7-17/h1-5,10H,6-9,11,16H2. The van der Waals surface area contributed by atoms with Crippen molar-refractivity contribution in [2.24, 2.45) is 0 Å². The highest BCUT2D eigenvalue weighted by Crippen LogP contribution is 2.24. The number of furan rings is 1. The summed E-state index contributed by atoms with van der Waals surface area (Å²) < 4.78 is 11.2. The number of nitrogens with zero attached hydrogens (tertiary/aromatic N) is 1. The quantitative estimate of drug-likeness (QED) is 0.859. The zero-order valence-corrected chi connectivity index (χ0v) is 10.8. The molecule has 0 unspecified atom stereocenters.